The number of anilines is 1. The first-order valence-electron chi connectivity index (χ1n) is 7.96. The minimum Gasteiger partial charge on any atom is -0.496 e. The minimum atomic E-state index is 0.0706. The number of carbonyl (C=O) groups is 1. The molecule has 0 aromatic heterocycles. The Morgan fingerprint density at radius 2 is 1.83 bits per heavy atom. The van der Waals surface area contributed by atoms with Crippen LogP contribution in [0.25, 0.3) is 0 Å². The first-order chi connectivity index (χ1) is 11.6. The molecular formula is C19H19Cl2NO2. The molecule has 1 aliphatic heterocycles. The molecular weight excluding hydrogens is 345 g/mol. The van der Waals surface area contributed by atoms with E-state index >= 15 is 0 Å². The van der Waals surface area contributed by atoms with Crippen molar-refractivity contribution in [3.8, 4) is 5.75 Å². The predicted molar refractivity (Wildman–Crippen MR) is 98.2 cm³/mol. The van der Waals surface area contributed by atoms with Crippen molar-refractivity contribution in [2.45, 2.75) is 19.3 Å². The molecule has 5 heteroatoms. The average molecular weight is 364 g/mol. The van der Waals surface area contributed by atoms with Gasteiger partial charge in [0.25, 0.3) is 0 Å². The molecule has 2 aromatic rings. The summed E-state index contributed by atoms with van der Waals surface area (Å²) in [7, 11) is 1.68. The van der Waals surface area contributed by atoms with Crippen molar-refractivity contribution in [1.29, 1.82) is 0 Å². The molecule has 1 unspecified atom stereocenters. The van der Waals surface area contributed by atoms with E-state index in [0.717, 1.165) is 24.2 Å². The summed E-state index contributed by atoms with van der Waals surface area (Å²) in [4.78, 5) is 14.1. The Hall–Kier alpha value is -1.71. The highest BCUT2D eigenvalue weighted by Gasteiger charge is 2.29. The summed E-state index contributed by atoms with van der Waals surface area (Å²) in [5.41, 5.74) is 1.78. The molecule has 0 aliphatic carbocycles. The molecule has 1 saturated heterocycles. The van der Waals surface area contributed by atoms with Gasteiger partial charge in [0.05, 0.1) is 22.8 Å². The van der Waals surface area contributed by atoms with Crippen LogP contribution in [-0.2, 0) is 11.2 Å². The van der Waals surface area contributed by atoms with Crippen molar-refractivity contribution >= 4 is 34.8 Å². The number of carbonyl (C=O) groups excluding carboxylic acids is 1. The first-order valence-corrected chi connectivity index (χ1v) is 8.72. The normalized spacial score (nSPS) is 17.9. The molecule has 3 rings (SSSR count). The van der Waals surface area contributed by atoms with Crippen LogP contribution >= 0.6 is 23.2 Å². The van der Waals surface area contributed by atoms with Crippen LogP contribution in [0.4, 0.5) is 5.69 Å². The number of rotatable bonds is 4. The topological polar surface area (TPSA) is 29.5 Å². The van der Waals surface area contributed by atoms with Crippen LogP contribution in [0.15, 0.2) is 42.5 Å². The third-order valence-electron chi connectivity index (χ3n) is 4.42. The summed E-state index contributed by atoms with van der Waals surface area (Å²) in [6.45, 7) is 0.611. The Labute approximate surface area is 152 Å². The van der Waals surface area contributed by atoms with Crippen molar-refractivity contribution in [3.05, 3.63) is 58.1 Å². The number of nitrogens with zero attached hydrogens (tertiary/aromatic N) is 1. The summed E-state index contributed by atoms with van der Waals surface area (Å²) in [6.07, 6.45) is 2.21. The Bertz CT molecular complexity index is 728. The molecule has 1 aliphatic rings. The molecule has 1 amide bonds. The highest BCUT2D eigenvalue weighted by atomic mass is 35.5. The van der Waals surface area contributed by atoms with Crippen LogP contribution in [-0.4, -0.2) is 19.6 Å². The summed E-state index contributed by atoms with van der Waals surface area (Å²) in [6, 6.07) is 13.3. The standard InChI is InChI=1S/C19H19Cl2NO2/c1-24-17-8-3-2-5-14(17)11-13-9-10-18(23)22(12-13)19-15(20)6-4-7-16(19)21/h2-8,13H,9-12H2,1H3. The van der Waals surface area contributed by atoms with Crippen molar-refractivity contribution in [2.24, 2.45) is 5.92 Å². The third kappa shape index (κ3) is 3.52. The van der Waals surface area contributed by atoms with Gasteiger partial charge in [-0.1, -0.05) is 47.5 Å². The molecule has 126 valence electrons. The van der Waals surface area contributed by atoms with E-state index in [0.29, 0.717) is 34.6 Å². The SMILES string of the molecule is COc1ccccc1CC1CCC(=O)N(c2c(Cl)cccc2Cl)C1. The molecule has 24 heavy (non-hydrogen) atoms. The number of hydrogen-bond donors (Lipinski definition) is 0. The lowest BCUT2D eigenvalue weighted by Gasteiger charge is -2.34. The number of methoxy groups -OCH3 is 1. The molecule has 3 nitrogen and oxygen atoms in total. The maximum absolute atomic E-state index is 12.4. The molecule has 0 saturated carbocycles. The van der Waals surface area contributed by atoms with Gasteiger partial charge in [0.2, 0.25) is 5.91 Å². The summed E-state index contributed by atoms with van der Waals surface area (Å²) in [5, 5.41) is 1.02. The zero-order valence-corrected chi connectivity index (χ0v) is 15.0. The number of ether oxygens (including phenoxy) is 1. The van der Waals surface area contributed by atoms with Gasteiger partial charge in [-0.3, -0.25) is 4.79 Å². The Balaban J connectivity index is 1.82. The number of hydrogen-bond acceptors (Lipinski definition) is 2. The Morgan fingerprint density at radius 3 is 2.54 bits per heavy atom. The lowest BCUT2D eigenvalue weighted by molar-refractivity contribution is -0.120. The second-order valence-electron chi connectivity index (χ2n) is 6.00. The highest BCUT2D eigenvalue weighted by Crippen LogP contribution is 2.37. The minimum absolute atomic E-state index is 0.0706. The van der Waals surface area contributed by atoms with E-state index in [2.05, 4.69) is 6.07 Å². The second kappa shape index (κ2) is 7.45. The van der Waals surface area contributed by atoms with Crippen LogP contribution in [0, 0.1) is 5.92 Å². The second-order valence-corrected chi connectivity index (χ2v) is 6.81. The van der Waals surface area contributed by atoms with E-state index in [1.807, 2.05) is 18.2 Å². The number of benzene rings is 2. The van der Waals surface area contributed by atoms with Crippen LogP contribution in [0.2, 0.25) is 10.0 Å². The molecule has 0 bridgehead atoms. The smallest absolute Gasteiger partial charge is 0.227 e. The monoisotopic (exact) mass is 363 g/mol. The van der Waals surface area contributed by atoms with E-state index in [1.165, 1.54) is 0 Å². The Morgan fingerprint density at radius 1 is 1.12 bits per heavy atom. The van der Waals surface area contributed by atoms with E-state index < -0.39 is 0 Å². The molecule has 1 fully saturated rings. The molecule has 1 heterocycles. The van der Waals surface area contributed by atoms with Gasteiger partial charge >= 0.3 is 0 Å². The molecule has 1 atom stereocenters. The average Bonchev–Trinajstić information content (AvgIpc) is 2.58. The van der Waals surface area contributed by atoms with Crippen LogP contribution < -0.4 is 9.64 Å². The van der Waals surface area contributed by atoms with Crippen LogP contribution in [0.5, 0.6) is 5.75 Å². The maximum atomic E-state index is 12.4. The summed E-state index contributed by atoms with van der Waals surface area (Å²) in [5.74, 6) is 1.30. The van der Waals surface area contributed by atoms with Crippen molar-refractivity contribution in [3.63, 3.8) is 0 Å². The van der Waals surface area contributed by atoms with E-state index in [-0.39, 0.29) is 5.91 Å². The van der Waals surface area contributed by atoms with E-state index in [4.69, 9.17) is 27.9 Å². The summed E-state index contributed by atoms with van der Waals surface area (Å²) < 4.78 is 5.43. The number of piperidine rings is 1. The van der Waals surface area contributed by atoms with Crippen LogP contribution in [0.3, 0.4) is 0 Å². The van der Waals surface area contributed by atoms with Gasteiger partial charge in [-0.15, -0.1) is 0 Å². The third-order valence-corrected chi connectivity index (χ3v) is 5.03. The fraction of sp³-hybridized carbons (Fsp3) is 0.316. The highest BCUT2D eigenvalue weighted by molar-refractivity contribution is 6.39. The van der Waals surface area contributed by atoms with Gasteiger partial charge in [0, 0.05) is 13.0 Å². The van der Waals surface area contributed by atoms with Gasteiger partial charge in [0.1, 0.15) is 5.75 Å². The van der Waals surface area contributed by atoms with E-state index in [1.54, 1.807) is 30.2 Å². The van der Waals surface area contributed by atoms with Gasteiger partial charge < -0.3 is 9.64 Å². The fourth-order valence-electron chi connectivity index (χ4n) is 3.23. The Kier molecular flexibility index (Phi) is 5.32. The van der Waals surface area contributed by atoms with Crippen molar-refractivity contribution in [1.82, 2.24) is 0 Å². The van der Waals surface area contributed by atoms with Gasteiger partial charge in [-0.25, -0.2) is 0 Å². The zero-order valence-electron chi connectivity index (χ0n) is 13.5. The molecule has 0 radical (unpaired) electrons. The summed E-state index contributed by atoms with van der Waals surface area (Å²) >= 11 is 12.6. The largest absolute Gasteiger partial charge is 0.496 e. The molecule has 0 spiro atoms. The molecule has 0 N–H and O–H groups in total. The lowest BCUT2D eigenvalue weighted by Crippen LogP contribution is -2.41. The molecule has 2 aromatic carbocycles. The van der Waals surface area contributed by atoms with Gasteiger partial charge in [-0.05, 0) is 42.5 Å². The maximum Gasteiger partial charge on any atom is 0.227 e. The number of amides is 1. The van der Waals surface area contributed by atoms with Crippen LogP contribution in [0.1, 0.15) is 18.4 Å². The number of halogens is 2. The lowest BCUT2D eigenvalue weighted by atomic mass is 9.90. The number of para-hydroxylation sites is 2. The van der Waals surface area contributed by atoms with E-state index in [9.17, 15) is 4.79 Å². The van der Waals surface area contributed by atoms with Gasteiger partial charge in [0.15, 0.2) is 0 Å². The predicted octanol–water partition coefficient (Wildman–Crippen LogP) is 4.99. The van der Waals surface area contributed by atoms with Gasteiger partial charge in [-0.2, -0.15) is 0 Å². The zero-order chi connectivity index (χ0) is 17.1. The fourth-order valence-corrected chi connectivity index (χ4v) is 3.83. The van der Waals surface area contributed by atoms with Crippen molar-refractivity contribution in [2.75, 3.05) is 18.6 Å². The quantitative estimate of drug-likeness (QED) is 0.765. The van der Waals surface area contributed by atoms with Crippen molar-refractivity contribution < 1.29 is 9.53 Å². The first kappa shape index (κ1) is 17.1.